The van der Waals surface area contributed by atoms with Crippen molar-refractivity contribution in [2.24, 2.45) is 0 Å². The largest absolute Gasteiger partial charge is 0.386 e. The van der Waals surface area contributed by atoms with Crippen LogP contribution in [0.25, 0.3) is 10.9 Å². The first-order valence-corrected chi connectivity index (χ1v) is 6.21. The minimum Gasteiger partial charge on any atom is -0.386 e. The highest BCUT2D eigenvalue weighted by molar-refractivity contribution is 5.94. The quantitative estimate of drug-likeness (QED) is 0.750. The number of hydrogen-bond donors (Lipinski definition) is 3. The molecule has 0 aliphatic carbocycles. The maximum absolute atomic E-state index is 10.4. The van der Waals surface area contributed by atoms with Crippen molar-refractivity contribution in [1.82, 2.24) is 9.97 Å². The number of aliphatic hydroxyl groups is 1. The van der Waals surface area contributed by atoms with E-state index in [1.807, 2.05) is 18.2 Å². The minimum absolute atomic E-state index is 0.0117. The lowest BCUT2D eigenvalue weighted by Crippen LogP contribution is -2.31. The van der Waals surface area contributed by atoms with E-state index < -0.39 is 6.10 Å². The Morgan fingerprint density at radius 1 is 1.39 bits per heavy atom. The molecule has 0 saturated carbocycles. The molecule has 0 radical (unpaired) electrons. The van der Waals surface area contributed by atoms with E-state index in [9.17, 15) is 5.11 Å². The van der Waals surface area contributed by atoms with Crippen molar-refractivity contribution in [3.05, 3.63) is 23.8 Å². The van der Waals surface area contributed by atoms with Gasteiger partial charge in [0.15, 0.2) is 0 Å². The molecule has 5 heteroatoms. The van der Waals surface area contributed by atoms with E-state index in [2.05, 4.69) is 22.2 Å². The Morgan fingerprint density at radius 3 is 3.00 bits per heavy atom. The molecule has 2 aromatic rings. The van der Waals surface area contributed by atoms with Crippen LogP contribution in [0.4, 0.5) is 11.8 Å². The third-order valence-corrected chi connectivity index (χ3v) is 3.39. The molecule has 0 saturated heterocycles. The van der Waals surface area contributed by atoms with Gasteiger partial charge in [0.1, 0.15) is 5.82 Å². The lowest BCUT2D eigenvalue weighted by molar-refractivity contribution is 0.149. The third kappa shape index (κ3) is 1.59. The van der Waals surface area contributed by atoms with Gasteiger partial charge in [0.05, 0.1) is 17.7 Å². The van der Waals surface area contributed by atoms with Crippen molar-refractivity contribution in [3.63, 3.8) is 0 Å². The number of anilines is 2. The van der Waals surface area contributed by atoms with Gasteiger partial charge in [-0.25, -0.2) is 4.98 Å². The number of benzene rings is 1. The molecule has 0 spiro atoms. The fourth-order valence-electron chi connectivity index (χ4n) is 2.59. The molecule has 3 rings (SSSR count). The van der Waals surface area contributed by atoms with Crippen molar-refractivity contribution >= 4 is 22.7 Å². The lowest BCUT2D eigenvalue weighted by atomic mass is 9.92. The Balaban J connectivity index is 2.22. The van der Waals surface area contributed by atoms with Gasteiger partial charge in [-0.3, -0.25) is 0 Å². The van der Waals surface area contributed by atoms with Gasteiger partial charge in [-0.1, -0.05) is 25.5 Å². The van der Waals surface area contributed by atoms with Crippen molar-refractivity contribution in [2.75, 3.05) is 11.1 Å². The second-order valence-corrected chi connectivity index (χ2v) is 4.66. The van der Waals surface area contributed by atoms with Crippen LogP contribution in [0.5, 0.6) is 0 Å². The van der Waals surface area contributed by atoms with Crippen LogP contribution >= 0.6 is 0 Å². The number of hydrogen-bond acceptors (Lipinski definition) is 5. The van der Waals surface area contributed by atoms with Gasteiger partial charge in [-0.05, 0) is 18.1 Å². The zero-order valence-corrected chi connectivity index (χ0v) is 10.2. The average Bonchev–Trinajstić information content (AvgIpc) is 2.35. The highest BCUT2D eigenvalue weighted by Gasteiger charge is 2.29. The van der Waals surface area contributed by atoms with E-state index in [4.69, 9.17) is 5.73 Å². The standard InChI is InChI=1S/C13H16N4O/c1-2-4-9-11(18)7-5-3-6-8-10(7)12(15-9)17-13(14)16-8/h3,5-6,9,11,18H,2,4H2,1H3,(H3,14,15,16,17)/t9-,11?/m0/s1. The summed E-state index contributed by atoms with van der Waals surface area (Å²) in [5.74, 6) is 0.991. The molecule has 0 fully saturated rings. The molecule has 2 heterocycles. The van der Waals surface area contributed by atoms with Crippen LogP contribution in [-0.2, 0) is 0 Å². The fraction of sp³-hybridized carbons (Fsp3) is 0.385. The first kappa shape index (κ1) is 11.2. The molecule has 1 aliphatic heterocycles. The van der Waals surface area contributed by atoms with E-state index in [0.717, 1.165) is 35.1 Å². The molecule has 1 aromatic carbocycles. The van der Waals surface area contributed by atoms with Crippen LogP contribution < -0.4 is 11.1 Å². The molecule has 0 amide bonds. The molecular weight excluding hydrogens is 228 g/mol. The number of nitrogens with two attached hydrogens (primary N) is 1. The second kappa shape index (κ2) is 4.10. The first-order valence-electron chi connectivity index (χ1n) is 6.21. The monoisotopic (exact) mass is 244 g/mol. The van der Waals surface area contributed by atoms with Crippen molar-refractivity contribution in [2.45, 2.75) is 31.9 Å². The summed E-state index contributed by atoms with van der Waals surface area (Å²) < 4.78 is 0. The van der Waals surface area contributed by atoms with Crippen LogP contribution in [0.15, 0.2) is 18.2 Å². The molecule has 1 unspecified atom stereocenters. The summed E-state index contributed by atoms with van der Waals surface area (Å²) in [6.45, 7) is 2.10. The van der Waals surface area contributed by atoms with E-state index in [0.29, 0.717) is 0 Å². The minimum atomic E-state index is -0.520. The molecule has 18 heavy (non-hydrogen) atoms. The predicted molar refractivity (Wildman–Crippen MR) is 71.2 cm³/mol. The average molecular weight is 244 g/mol. The zero-order chi connectivity index (χ0) is 12.7. The molecule has 5 nitrogen and oxygen atoms in total. The van der Waals surface area contributed by atoms with Gasteiger partial charge in [0.25, 0.3) is 0 Å². The van der Waals surface area contributed by atoms with Crippen LogP contribution in [0.3, 0.4) is 0 Å². The first-order chi connectivity index (χ1) is 8.70. The highest BCUT2D eigenvalue weighted by Crippen LogP contribution is 2.37. The van der Waals surface area contributed by atoms with Gasteiger partial charge < -0.3 is 16.2 Å². The molecular formula is C13H16N4O. The summed E-state index contributed by atoms with van der Waals surface area (Å²) in [7, 11) is 0. The normalized spacial score (nSPS) is 21.9. The molecule has 1 aliphatic rings. The van der Waals surface area contributed by atoms with Gasteiger partial charge in [0, 0.05) is 5.39 Å². The maximum atomic E-state index is 10.4. The molecule has 4 N–H and O–H groups in total. The van der Waals surface area contributed by atoms with Gasteiger partial charge in [-0.15, -0.1) is 0 Å². The van der Waals surface area contributed by atoms with E-state index in [-0.39, 0.29) is 12.0 Å². The SMILES string of the molecule is CCC[C@@H]1Nc2nc(N)nc3cccc(c23)C1O. The van der Waals surface area contributed by atoms with E-state index in [1.165, 1.54) is 0 Å². The van der Waals surface area contributed by atoms with Gasteiger partial charge >= 0.3 is 0 Å². The predicted octanol–water partition coefficient (Wildman–Crippen LogP) is 1.84. The molecule has 0 bridgehead atoms. The second-order valence-electron chi connectivity index (χ2n) is 4.66. The Hall–Kier alpha value is -1.88. The number of nitrogen functional groups attached to an aromatic ring is 1. The summed E-state index contributed by atoms with van der Waals surface area (Å²) in [6, 6.07) is 5.70. The molecule has 2 atom stereocenters. The summed E-state index contributed by atoms with van der Waals surface area (Å²) >= 11 is 0. The molecule has 94 valence electrons. The summed E-state index contributed by atoms with van der Waals surface area (Å²) in [4.78, 5) is 8.44. The van der Waals surface area contributed by atoms with Crippen molar-refractivity contribution < 1.29 is 5.11 Å². The third-order valence-electron chi connectivity index (χ3n) is 3.39. The number of nitrogens with one attached hydrogen (secondary N) is 1. The Labute approximate surface area is 105 Å². The number of aromatic nitrogens is 2. The van der Waals surface area contributed by atoms with Gasteiger partial charge in [-0.2, -0.15) is 4.98 Å². The topological polar surface area (TPSA) is 84.1 Å². The van der Waals surface area contributed by atoms with Crippen LogP contribution in [0.1, 0.15) is 31.4 Å². The zero-order valence-electron chi connectivity index (χ0n) is 10.2. The van der Waals surface area contributed by atoms with Crippen LogP contribution in [0, 0.1) is 0 Å². The Morgan fingerprint density at radius 2 is 2.22 bits per heavy atom. The lowest BCUT2D eigenvalue weighted by Gasteiger charge is -2.31. The molecule has 1 aromatic heterocycles. The summed E-state index contributed by atoms with van der Waals surface area (Å²) in [6.07, 6.45) is 1.37. The maximum Gasteiger partial charge on any atom is 0.222 e. The number of rotatable bonds is 2. The van der Waals surface area contributed by atoms with Crippen LogP contribution in [0.2, 0.25) is 0 Å². The highest BCUT2D eigenvalue weighted by atomic mass is 16.3. The Bertz CT molecular complexity index is 599. The van der Waals surface area contributed by atoms with Gasteiger partial charge in [0.2, 0.25) is 5.95 Å². The Kier molecular flexibility index (Phi) is 2.56. The summed E-state index contributed by atoms with van der Waals surface area (Å²) in [5, 5.41) is 14.5. The van der Waals surface area contributed by atoms with Crippen molar-refractivity contribution in [1.29, 1.82) is 0 Å². The number of aliphatic hydroxyl groups excluding tert-OH is 1. The van der Waals surface area contributed by atoms with E-state index >= 15 is 0 Å². The smallest absolute Gasteiger partial charge is 0.222 e. The van der Waals surface area contributed by atoms with Crippen molar-refractivity contribution in [3.8, 4) is 0 Å². The fourth-order valence-corrected chi connectivity index (χ4v) is 2.59. The van der Waals surface area contributed by atoms with Crippen LogP contribution in [-0.4, -0.2) is 21.1 Å². The number of nitrogens with zero attached hydrogens (tertiary/aromatic N) is 2. The summed E-state index contributed by atoms with van der Waals surface area (Å²) in [5.41, 5.74) is 7.37. The van der Waals surface area contributed by atoms with E-state index in [1.54, 1.807) is 0 Å².